The third-order valence-corrected chi connectivity index (χ3v) is 4.03. The average Bonchev–Trinajstić information content (AvgIpc) is 2.74. The summed E-state index contributed by atoms with van der Waals surface area (Å²) in [5.74, 6) is 2.65. The van der Waals surface area contributed by atoms with Gasteiger partial charge in [0.25, 0.3) is 0 Å². The number of methoxy groups -OCH3 is 2. The van der Waals surface area contributed by atoms with Crippen molar-refractivity contribution in [2.24, 2.45) is 0 Å². The van der Waals surface area contributed by atoms with Gasteiger partial charge in [0, 0.05) is 5.56 Å². The largest absolute Gasteiger partial charge is 0.493 e. The lowest BCUT2D eigenvalue weighted by Crippen LogP contribution is -2.03. The SMILES string of the molecule is CCOc1cc(C=CC(=O)c2ccc(OC)c(OC)c2)cc(OCC)c1OCC. The first-order valence-electron chi connectivity index (χ1n) is 9.58. The number of ether oxygens (including phenoxy) is 5. The molecule has 0 bridgehead atoms. The monoisotopic (exact) mass is 400 g/mol. The van der Waals surface area contributed by atoms with Crippen LogP contribution in [0.3, 0.4) is 0 Å². The van der Waals surface area contributed by atoms with E-state index in [1.807, 2.05) is 32.9 Å². The Hall–Kier alpha value is -3.15. The minimum absolute atomic E-state index is 0.157. The van der Waals surface area contributed by atoms with E-state index in [9.17, 15) is 4.79 Å². The second-order valence-electron chi connectivity index (χ2n) is 5.91. The number of allylic oxidation sites excluding steroid dienone is 1. The molecule has 0 N–H and O–H groups in total. The third-order valence-electron chi connectivity index (χ3n) is 4.03. The number of rotatable bonds is 11. The third kappa shape index (κ3) is 5.67. The van der Waals surface area contributed by atoms with Crippen LogP contribution in [0.15, 0.2) is 36.4 Å². The molecule has 29 heavy (non-hydrogen) atoms. The highest BCUT2D eigenvalue weighted by Gasteiger charge is 2.14. The van der Waals surface area contributed by atoms with E-state index in [1.54, 1.807) is 31.4 Å². The fraction of sp³-hybridized carbons (Fsp3) is 0.348. The Labute approximate surface area is 172 Å². The van der Waals surface area contributed by atoms with Crippen LogP contribution in [-0.4, -0.2) is 39.8 Å². The van der Waals surface area contributed by atoms with Crippen LogP contribution >= 0.6 is 0 Å². The zero-order valence-electron chi connectivity index (χ0n) is 17.6. The lowest BCUT2D eigenvalue weighted by atomic mass is 10.1. The van der Waals surface area contributed by atoms with Crippen molar-refractivity contribution in [1.29, 1.82) is 0 Å². The smallest absolute Gasteiger partial charge is 0.203 e. The van der Waals surface area contributed by atoms with Crippen LogP contribution < -0.4 is 23.7 Å². The molecule has 0 unspecified atom stereocenters. The van der Waals surface area contributed by atoms with E-state index in [0.717, 1.165) is 5.56 Å². The Bertz CT molecular complexity index is 829. The summed E-state index contributed by atoms with van der Waals surface area (Å²) in [6, 6.07) is 8.71. The van der Waals surface area contributed by atoms with Crippen LogP contribution in [0.2, 0.25) is 0 Å². The fourth-order valence-electron chi connectivity index (χ4n) is 2.76. The van der Waals surface area contributed by atoms with Crippen LogP contribution in [-0.2, 0) is 0 Å². The Morgan fingerprint density at radius 3 is 1.90 bits per heavy atom. The van der Waals surface area contributed by atoms with E-state index >= 15 is 0 Å². The Balaban J connectivity index is 2.34. The first kappa shape index (κ1) is 22.1. The van der Waals surface area contributed by atoms with Crippen molar-refractivity contribution in [3.8, 4) is 28.7 Å². The van der Waals surface area contributed by atoms with Crippen LogP contribution in [0.25, 0.3) is 6.08 Å². The zero-order chi connectivity index (χ0) is 21.2. The Morgan fingerprint density at radius 1 is 0.793 bits per heavy atom. The summed E-state index contributed by atoms with van der Waals surface area (Å²) >= 11 is 0. The van der Waals surface area contributed by atoms with Crippen molar-refractivity contribution in [3.63, 3.8) is 0 Å². The highest BCUT2D eigenvalue weighted by atomic mass is 16.5. The standard InChI is InChI=1S/C23H28O6/c1-6-27-21-13-16(14-22(28-7-2)23(21)29-8-3)9-11-18(24)17-10-12-19(25-4)20(15-17)26-5/h9-15H,6-8H2,1-5H3. The number of carbonyl (C=O) groups is 1. The molecule has 0 amide bonds. The van der Waals surface area contributed by atoms with Gasteiger partial charge in [-0.05, 0) is 62.7 Å². The number of hydrogen-bond donors (Lipinski definition) is 0. The quantitative estimate of drug-likeness (QED) is 0.399. The van der Waals surface area contributed by atoms with Crippen molar-refractivity contribution in [1.82, 2.24) is 0 Å². The molecule has 0 atom stereocenters. The first-order valence-corrected chi connectivity index (χ1v) is 9.58. The summed E-state index contributed by atoms with van der Waals surface area (Å²) in [6.07, 6.45) is 3.22. The van der Waals surface area contributed by atoms with Crippen molar-refractivity contribution < 1.29 is 28.5 Å². The van der Waals surface area contributed by atoms with Gasteiger partial charge < -0.3 is 23.7 Å². The highest BCUT2D eigenvalue weighted by Crippen LogP contribution is 2.39. The molecule has 6 nitrogen and oxygen atoms in total. The number of ketones is 1. The summed E-state index contributed by atoms with van der Waals surface area (Å²) in [4.78, 5) is 12.6. The molecule has 2 aromatic carbocycles. The topological polar surface area (TPSA) is 63.2 Å². The van der Waals surface area contributed by atoms with E-state index in [1.165, 1.54) is 13.2 Å². The number of benzene rings is 2. The molecule has 0 aliphatic heterocycles. The maximum absolute atomic E-state index is 12.6. The molecule has 0 aliphatic rings. The summed E-state index contributed by atoms with van der Waals surface area (Å²) in [5, 5.41) is 0. The summed E-state index contributed by atoms with van der Waals surface area (Å²) in [6.45, 7) is 7.18. The van der Waals surface area contributed by atoms with Gasteiger partial charge in [-0.25, -0.2) is 0 Å². The molecule has 2 rings (SSSR count). The van der Waals surface area contributed by atoms with E-state index in [0.29, 0.717) is 54.1 Å². The van der Waals surface area contributed by atoms with E-state index in [2.05, 4.69) is 0 Å². The van der Waals surface area contributed by atoms with Gasteiger partial charge in [0.1, 0.15) is 0 Å². The molecular weight excluding hydrogens is 372 g/mol. The highest BCUT2D eigenvalue weighted by molar-refractivity contribution is 6.07. The molecule has 2 aromatic rings. The predicted molar refractivity (Wildman–Crippen MR) is 113 cm³/mol. The Morgan fingerprint density at radius 2 is 1.38 bits per heavy atom. The van der Waals surface area contributed by atoms with Gasteiger partial charge in [-0.15, -0.1) is 0 Å². The van der Waals surface area contributed by atoms with Gasteiger partial charge >= 0.3 is 0 Å². The molecule has 0 aromatic heterocycles. The van der Waals surface area contributed by atoms with Crippen LogP contribution in [0, 0.1) is 0 Å². The van der Waals surface area contributed by atoms with Gasteiger partial charge in [0.15, 0.2) is 28.8 Å². The summed E-state index contributed by atoms with van der Waals surface area (Å²) < 4.78 is 27.6. The number of carbonyl (C=O) groups excluding carboxylic acids is 1. The van der Waals surface area contributed by atoms with Crippen LogP contribution in [0.5, 0.6) is 28.7 Å². The second kappa shape index (κ2) is 11.0. The van der Waals surface area contributed by atoms with Gasteiger partial charge in [-0.2, -0.15) is 0 Å². The molecule has 0 fully saturated rings. The van der Waals surface area contributed by atoms with Crippen molar-refractivity contribution in [2.45, 2.75) is 20.8 Å². The van der Waals surface area contributed by atoms with E-state index in [-0.39, 0.29) is 5.78 Å². The van der Waals surface area contributed by atoms with E-state index in [4.69, 9.17) is 23.7 Å². The predicted octanol–water partition coefficient (Wildman–Crippen LogP) is 4.80. The normalized spacial score (nSPS) is 10.7. The molecule has 6 heteroatoms. The second-order valence-corrected chi connectivity index (χ2v) is 5.91. The molecular formula is C23H28O6. The van der Waals surface area contributed by atoms with Gasteiger partial charge in [-0.1, -0.05) is 6.08 Å². The molecule has 0 radical (unpaired) electrons. The lowest BCUT2D eigenvalue weighted by molar-refractivity contribution is 0.104. The van der Waals surface area contributed by atoms with Crippen molar-refractivity contribution in [3.05, 3.63) is 47.5 Å². The number of hydrogen-bond acceptors (Lipinski definition) is 6. The van der Waals surface area contributed by atoms with Gasteiger partial charge in [0.2, 0.25) is 5.75 Å². The van der Waals surface area contributed by atoms with E-state index < -0.39 is 0 Å². The van der Waals surface area contributed by atoms with Crippen molar-refractivity contribution in [2.75, 3.05) is 34.0 Å². The van der Waals surface area contributed by atoms with Gasteiger partial charge in [-0.3, -0.25) is 4.79 Å². The minimum Gasteiger partial charge on any atom is -0.493 e. The lowest BCUT2D eigenvalue weighted by Gasteiger charge is -2.16. The summed E-state index contributed by atoms with van der Waals surface area (Å²) in [5.41, 5.74) is 1.27. The summed E-state index contributed by atoms with van der Waals surface area (Å²) in [7, 11) is 3.09. The average molecular weight is 400 g/mol. The first-order chi connectivity index (χ1) is 14.1. The molecule has 0 aliphatic carbocycles. The maximum atomic E-state index is 12.6. The maximum Gasteiger partial charge on any atom is 0.203 e. The fourth-order valence-corrected chi connectivity index (χ4v) is 2.76. The van der Waals surface area contributed by atoms with Crippen molar-refractivity contribution >= 4 is 11.9 Å². The molecule has 0 spiro atoms. The molecule has 0 saturated carbocycles. The molecule has 0 heterocycles. The Kier molecular flexibility index (Phi) is 8.40. The van der Waals surface area contributed by atoms with Crippen LogP contribution in [0.4, 0.5) is 0 Å². The van der Waals surface area contributed by atoms with Crippen LogP contribution in [0.1, 0.15) is 36.7 Å². The molecule has 156 valence electrons. The zero-order valence-corrected chi connectivity index (χ0v) is 17.6. The minimum atomic E-state index is -0.157. The molecule has 0 saturated heterocycles. The van der Waals surface area contributed by atoms with Gasteiger partial charge in [0.05, 0.1) is 34.0 Å².